The van der Waals surface area contributed by atoms with Crippen LogP contribution < -0.4 is 24.8 Å². The molecule has 30 heavy (non-hydrogen) atoms. The lowest BCUT2D eigenvalue weighted by molar-refractivity contribution is -0.697. The molecule has 0 saturated heterocycles. The second kappa shape index (κ2) is 8.88. The lowest BCUT2D eigenvalue weighted by Gasteiger charge is -2.18. The molecule has 4 rings (SSSR count). The van der Waals surface area contributed by atoms with Crippen molar-refractivity contribution < 1.29 is 24.3 Å². The van der Waals surface area contributed by atoms with E-state index in [1.807, 2.05) is 79.0 Å². The lowest BCUT2D eigenvalue weighted by Crippen LogP contribution is -2.85. The predicted molar refractivity (Wildman–Crippen MR) is 114 cm³/mol. The number of anilines is 1. The molecule has 1 aliphatic rings. The number of amides is 1. The molecular weight excluding hydrogens is 380 g/mol. The first-order valence-corrected chi connectivity index (χ1v) is 9.86. The minimum atomic E-state index is -0.415. The van der Waals surface area contributed by atoms with E-state index in [0.29, 0.717) is 18.0 Å². The predicted octanol–water partition coefficient (Wildman–Crippen LogP) is 3.18. The third kappa shape index (κ3) is 4.39. The first kappa shape index (κ1) is 19.8. The van der Waals surface area contributed by atoms with E-state index in [1.165, 1.54) is 0 Å². The summed E-state index contributed by atoms with van der Waals surface area (Å²) in [4.78, 5) is 13.3. The lowest BCUT2D eigenvalue weighted by atomic mass is 10.0. The molecule has 0 saturated carbocycles. The van der Waals surface area contributed by atoms with E-state index in [0.717, 1.165) is 28.2 Å². The molecule has 6 heteroatoms. The summed E-state index contributed by atoms with van der Waals surface area (Å²) in [6.45, 7) is 2.85. The second-order valence-corrected chi connectivity index (χ2v) is 7.21. The number of nitrogens with two attached hydrogens (primary N) is 1. The third-order valence-electron chi connectivity index (χ3n) is 5.08. The van der Waals surface area contributed by atoms with Gasteiger partial charge in [-0.3, -0.25) is 4.79 Å². The second-order valence-electron chi connectivity index (χ2n) is 7.21. The highest BCUT2D eigenvalue weighted by Crippen LogP contribution is 2.32. The zero-order valence-electron chi connectivity index (χ0n) is 17.1. The van der Waals surface area contributed by atoms with Crippen LogP contribution >= 0.6 is 0 Å². The Morgan fingerprint density at radius 1 is 1.07 bits per heavy atom. The highest BCUT2D eigenvalue weighted by atomic mass is 16.7. The Labute approximate surface area is 175 Å². The third-order valence-corrected chi connectivity index (χ3v) is 5.08. The zero-order valence-corrected chi connectivity index (χ0v) is 17.1. The molecule has 1 atom stereocenters. The number of ether oxygens (including phenoxy) is 3. The average Bonchev–Trinajstić information content (AvgIpc) is 3.23. The van der Waals surface area contributed by atoms with Crippen molar-refractivity contribution in [2.45, 2.75) is 19.5 Å². The van der Waals surface area contributed by atoms with Gasteiger partial charge in [0.25, 0.3) is 5.91 Å². The average molecular weight is 405 g/mol. The molecule has 6 nitrogen and oxygen atoms in total. The summed E-state index contributed by atoms with van der Waals surface area (Å²) in [7, 11) is 1.60. The van der Waals surface area contributed by atoms with Crippen LogP contribution in [-0.4, -0.2) is 19.8 Å². The monoisotopic (exact) mass is 405 g/mol. The summed E-state index contributed by atoms with van der Waals surface area (Å²) in [5.41, 5.74) is 3.70. The number of rotatable bonds is 7. The van der Waals surface area contributed by atoms with Gasteiger partial charge in [-0.15, -0.1) is 0 Å². The van der Waals surface area contributed by atoms with Gasteiger partial charge in [-0.2, -0.15) is 0 Å². The van der Waals surface area contributed by atoms with Crippen molar-refractivity contribution >= 4 is 11.6 Å². The fourth-order valence-electron chi connectivity index (χ4n) is 3.51. The Morgan fingerprint density at radius 2 is 1.87 bits per heavy atom. The molecule has 0 aromatic heterocycles. The minimum Gasteiger partial charge on any atom is -0.495 e. The molecular formula is C24H25N2O4+. The number of aryl methyl sites for hydroxylation is 1. The van der Waals surface area contributed by atoms with E-state index in [2.05, 4.69) is 5.32 Å². The number of nitrogens with one attached hydrogen (secondary N) is 1. The number of benzene rings is 3. The Balaban J connectivity index is 1.54. The van der Waals surface area contributed by atoms with Crippen LogP contribution in [-0.2, 0) is 11.3 Å². The van der Waals surface area contributed by atoms with Crippen molar-refractivity contribution in [1.29, 1.82) is 0 Å². The molecule has 3 N–H and O–H groups in total. The van der Waals surface area contributed by atoms with Crippen molar-refractivity contribution in [3.8, 4) is 17.2 Å². The molecule has 0 spiro atoms. The highest BCUT2D eigenvalue weighted by molar-refractivity contribution is 5.95. The SMILES string of the molecule is COc1ccc(C)cc1NC(=O)[C@H]([NH2+]Cc1ccc2c(c1)OCO2)c1ccccc1. The van der Waals surface area contributed by atoms with Crippen LogP contribution in [0.1, 0.15) is 22.7 Å². The molecule has 0 radical (unpaired) electrons. The van der Waals surface area contributed by atoms with E-state index >= 15 is 0 Å². The van der Waals surface area contributed by atoms with Gasteiger partial charge in [-0.1, -0.05) is 36.4 Å². The van der Waals surface area contributed by atoms with Gasteiger partial charge in [0.15, 0.2) is 17.5 Å². The number of carbonyl (C=O) groups excluding carboxylic acids is 1. The first-order valence-electron chi connectivity index (χ1n) is 9.86. The molecule has 1 amide bonds. The zero-order chi connectivity index (χ0) is 20.9. The largest absolute Gasteiger partial charge is 0.495 e. The van der Waals surface area contributed by atoms with Gasteiger partial charge >= 0.3 is 0 Å². The van der Waals surface area contributed by atoms with E-state index in [1.54, 1.807) is 7.11 Å². The summed E-state index contributed by atoms with van der Waals surface area (Å²) >= 11 is 0. The fourth-order valence-corrected chi connectivity index (χ4v) is 3.51. The van der Waals surface area contributed by atoms with Crippen molar-refractivity contribution in [2.75, 3.05) is 19.2 Å². The summed E-state index contributed by atoms with van der Waals surface area (Å²) in [5, 5.41) is 5.06. The molecule has 0 fully saturated rings. The van der Waals surface area contributed by atoms with Gasteiger partial charge in [0.05, 0.1) is 12.8 Å². The fraction of sp³-hybridized carbons (Fsp3) is 0.208. The van der Waals surface area contributed by atoms with Gasteiger partial charge in [0, 0.05) is 11.1 Å². The summed E-state index contributed by atoms with van der Waals surface area (Å²) < 4.78 is 16.2. The number of hydrogen-bond donors (Lipinski definition) is 2. The maximum absolute atomic E-state index is 13.3. The van der Waals surface area contributed by atoms with Crippen molar-refractivity contribution in [3.05, 3.63) is 83.4 Å². The smallest absolute Gasteiger partial charge is 0.287 e. The van der Waals surface area contributed by atoms with Crippen LogP contribution in [0, 0.1) is 6.92 Å². The van der Waals surface area contributed by atoms with Crippen LogP contribution in [0.4, 0.5) is 5.69 Å². The minimum absolute atomic E-state index is 0.106. The molecule has 0 unspecified atom stereocenters. The molecule has 1 aliphatic heterocycles. The van der Waals surface area contributed by atoms with Gasteiger partial charge < -0.3 is 24.8 Å². The maximum Gasteiger partial charge on any atom is 0.287 e. The van der Waals surface area contributed by atoms with Gasteiger partial charge in [0.1, 0.15) is 12.3 Å². The first-order chi connectivity index (χ1) is 14.6. The Morgan fingerprint density at radius 3 is 2.67 bits per heavy atom. The topological polar surface area (TPSA) is 73.4 Å². The number of fused-ring (bicyclic) bond motifs is 1. The van der Waals surface area contributed by atoms with Crippen molar-refractivity contribution in [1.82, 2.24) is 0 Å². The normalized spacial score (nSPS) is 13.0. The van der Waals surface area contributed by atoms with Crippen molar-refractivity contribution in [3.63, 3.8) is 0 Å². The van der Waals surface area contributed by atoms with E-state index in [9.17, 15) is 4.79 Å². The van der Waals surface area contributed by atoms with E-state index < -0.39 is 6.04 Å². The Hall–Kier alpha value is -3.51. The van der Waals surface area contributed by atoms with Crippen LogP contribution in [0.25, 0.3) is 0 Å². The summed E-state index contributed by atoms with van der Waals surface area (Å²) in [5.74, 6) is 2.02. The number of methoxy groups -OCH3 is 1. The molecule has 3 aromatic rings. The van der Waals surface area contributed by atoms with Crippen LogP contribution in [0.2, 0.25) is 0 Å². The van der Waals surface area contributed by atoms with Crippen LogP contribution in [0.15, 0.2) is 66.7 Å². The van der Waals surface area contributed by atoms with E-state index in [4.69, 9.17) is 14.2 Å². The van der Waals surface area contributed by atoms with Crippen LogP contribution in [0.5, 0.6) is 17.2 Å². The highest BCUT2D eigenvalue weighted by Gasteiger charge is 2.25. The number of quaternary nitrogens is 1. The molecule has 0 aliphatic carbocycles. The summed E-state index contributed by atoms with van der Waals surface area (Å²) in [6.07, 6.45) is 0. The Kier molecular flexibility index (Phi) is 5.86. The van der Waals surface area contributed by atoms with Crippen molar-refractivity contribution in [2.24, 2.45) is 0 Å². The quantitative estimate of drug-likeness (QED) is 0.633. The van der Waals surface area contributed by atoms with E-state index in [-0.39, 0.29) is 12.7 Å². The molecule has 1 heterocycles. The Bertz CT molecular complexity index is 1040. The van der Waals surface area contributed by atoms with Gasteiger partial charge in [-0.05, 0) is 42.8 Å². The van der Waals surface area contributed by atoms with Gasteiger partial charge in [0.2, 0.25) is 6.79 Å². The van der Waals surface area contributed by atoms with Gasteiger partial charge in [-0.25, -0.2) is 0 Å². The maximum atomic E-state index is 13.3. The number of carbonyl (C=O) groups is 1. The van der Waals surface area contributed by atoms with Crippen LogP contribution in [0.3, 0.4) is 0 Å². The molecule has 3 aromatic carbocycles. The summed E-state index contributed by atoms with van der Waals surface area (Å²) in [6, 6.07) is 20.9. The number of hydrogen-bond acceptors (Lipinski definition) is 4. The standard InChI is InChI=1S/C24H24N2O4/c1-16-8-10-20(28-2)19(12-16)26-24(27)23(18-6-4-3-5-7-18)25-14-17-9-11-21-22(13-17)30-15-29-21/h3-13,23,25H,14-15H2,1-2H3,(H,26,27)/p+1/t23-/m1/s1. The molecule has 0 bridgehead atoms. The molecule has 154 valence electrons.